The summed E-state index contributed by atoms with van der Waals surface area (Å²) in [5, 5.41) is 6.42. The molecule has 1 aromatic heterocycles. The van der Waals surface area contributed by atoms with Crippen molar-refractivity contribution in [1.29, 1.82) is 0 Å². The molecule has 0 fully saturated rings. The number of nitrogens with zero attached hydrogens (tertiary/aromatic N) is 1. The molecule has 0 aliphatic heterocycles. The van der Waals surface area contributed by atoms with Crippen molar-refractivity contribution in [3.05, 3.63) is 72.2 Å². The van der Waals surface area contributed by atoms with Gasteiger partial charge < -0.3 is 10.6 Å². The van der Waals surface area contributed by atoms with Gasteiger partial charge >= 0.3 is 6.03 Å². The van der Waals surface area contributed by atoms with Crippen molar-refractivity contribution in [1.82, 2.24) is 10.3 Å². The first-order valence-corrected chi connectivity index (χ1v) is 6.85. The monoisotopic (exact) mass is 295 g/mol. The summed E-state index contributed by atoms with van der Waals surface area (Å²) in [6.45, 7) is 0.329. The Kier molecular flexibility index (Phi) is 3.96. The first-order valence-electron chi connectivity index (χ1n) is 6.85. The summed E-state index contributed by atoms with van der Waals surface area (Å²) in [5.41, 5.74) is 2.34. The Hall–Kier alpha value is -2.95. The number of aromatic nitrogens is 1. The summed E-state index contributed by atoms with van der Waals surface area (Å²) in [6, 6.07) is 15.0. The second-order valence-electron chi connectivity index (χ2n) is 4.81. The van der Waals surface area contributed by atoms with Gasteiger partial charge in [-0.1, -0.05) is 18.2 Å². The molecule has 5 heteroatoms. The zero-order valence-electron chi connectivity index (χ0n) is 11.7. The number of rotatable bonds is 3. The summed E-state index contributed by atoms with van der Waals surface area (Å²) in [6.07, 6.45) is 1.71. The van der Waals surface area contributed by atoms with Gasteiger partial charge in [0.1, 0.15) is 5.82 Å². The number of benzene rings is 2. The molecule has 110 valence electrons. The van der Waals surface area contributed by atoms with Crippen LogP contribution < -0.4 is 10.6 Å². The van der Waals surface area contributed by atoms with Crippen molar-refractivity contribution in [2.24, 2.45) is 0 Å². The smallest absolute Gasteiger partial charge is 0.319 e. The number of halogens is 1. The average molecular weight is 295 g/mol. The number of fused-ring (bicyclic) bond motifs is 1. The molecule has 1 heterocycles. The number of carbonyl (C=O) groups is 1. The quantitative estimate of drug-likeness (QED) is 0.774. The molecule has 0 unspecified atom stereocenters. The third kappa shape index (κ3) is 3.20. The van der Waals surface area contributed by atoms with Crippen LogP contribution in [0.4, 0.5) is 14.9 Å². The molecule has 22 heavy (non-hydrogen) atoms. The van der Waals surface area contributed by atoms with E-state index in [2.05, 4.69) is 15.6 Å². The number of urea groups is 1. The van der Waals surface area contributed by atoms with Gasteiger partial charge in [0.25, 0.3) is 0 Å². The predicted molar refractivity (Wildman–Crippen MR) is 84.0 cm³/mol. The standard InChI is InChI=1S/C17H14FN3O/c18-13-8-6-12(7-9-13)11-20-17(22)21-16-5-1-4-15-14(16)3-2-10-19-15/h1-10H,11H2,(H2,20,21,22). The van der Waals surface area contributed by atoms with E-state index in [4.69, 9.17) is 0 Å². The maximum atomic E-state index is 12.8. The minimum absolute atomic E-state index is 0.295. The Morgan fingerprint density at radius 1 is 1.05 bits per heavy atom. The summed E-state index contributed by atoms with van der Waals surface area (Å²) in [5.74, 6) is -0.295. The lowest BCUT2D eigenvalue weighted by molar-refractivity contribution is 0.252. The summed E-state index contributed by atoms with van der Waals surface area (Å²) < 4.78 is 12.8. The van der Waals surface area contributed by atoms with Gasteiger partial charge in [-0.25, -0.2) is 9.18 Å². The number of anilines is 1. The highest BCUT2D eigenvalue weighted by Crippen LogP contribution is 2.21. The van der Waals surface area contributed by atoms with Crippen molar-refractivity contribution in [2.75, 3.05) is 5.32 Å². The molecule has 0 radical (unpaired) electrons. The lowest BCUT2D eigenvalue weighted by Crippen LogP contribution is -2.28. The van der Waals surface area contributed by atoms with E-state index < -0.39 is 0 Å². The molecule has 4 nitrogen and oxygen atoms in total. The molecule has 3 rings (SSSR count). The molecule has 3 aromatic rings. The molecule has 0 bridgehead atoms. The predicted octanol–water partition coefficient (Wildman–Crippen LogP) is 3.70. The van der Waals surface area contributed by atoms with Crippen molar-refractivity contribution in [2.45, 2.75) is 6.54 Å². The van der Waals surface area contributed by atoms with E-state index in [0.29, 0.717) is 12.2 Å². The van der Waals surface area contributed by atoms with E-state index in [1.54, 1.807) is 18.3 Å². The van der Waals surface area contributed by atoms with Crippen LogP contribution in [0.25, 0.3) is 10.9 Å². The minimum Gasteiger partial charge on any atom is -0.334 e. The summed E-state index contributed by atoms with van der Waals surface area (Å²) in [4.78, 5) is 16.2. The van der Waals surface area contributed by atoms with Crippen LogP contribution in [0.1, 0.15) is 5.56 Å². The average Bonchev–Trinajstić information content (AvgIpc) is 2.55. The highest BCUT2D eigenvalue weighted by molar-refractivity contribution is 6.00. The normalized spacial score (nSPS) is 10.4. The van der Waals surface area contributed by atoms with Gasteiger partial charge in [0, 0.05) is 18.1 Å². The van der Waals surface area contributed by atoms with E-state index in [1.807, 2.05) is 30.3 Å². The van der Waals surface area contributed by atoms with Crippen LogP contribution in [-0.4, -0.2) is 11.0 Å². The fourth-order valence-electron chi connectivity index (χ4n) is 2.16. The first-order chi connectivity index (χ1) is 10.7. The van der Waals surface area contributed by atoms with Crippen LogP contribution >= 0.6 is 0 Å². The van der Waals surface area contributed by atoms with E-state index >= 15 is 0 Å². The Morgan fingerprint density at radius 3 is 2.68 bits per heavy atom. The Labute approximate surface area is 127 Å². The molecule has 0 aliphatic carbocycles. The van der Waals surface area contributed by atoms with Crippen LogP contribution in [0, 0.1) is 5.82 Å². The van der Waals surface area contributed by atoms with E-state index in [9.17, 15) is 9.18 Å². The van der Waals surface area contributed by atoms with Gasteiger partial charge in [-0.15, -0.1) is 0 Å². The molecule has 2 aromatic carbocycles. The Morgan fingerprint density at radius 2 is 1.86 bits per heavy atom. The number of carbonyl (C=O) groups excluding carboxylic acids is 1. The van der Waals surface area contributed by atoms with Crippen molar-refractivity contribution < 1.29 is 9.18 Å². The molecular formula is C17H14FN3O. The van der Waals surface area contributed by atoms with Gasteiger partial charge in [0.15, 0.2) is 0 Å². The Bertz CT molecular complexity index is 797. The fraction of sp³-hybridized carbons (Fsp3) is 0.0588. The minimum atomic E-state index is -0.319. The Balaban J connectivity index is 1.67. The molecule has 0 aliphatic rings. The number of hydrogen-bond acceptors (Lipinski definition) is 2. The van der Waals surface area contributed by atoms with Crippen LogP contribution in [0.2, 0.25) is 0 Å². The topological polar surface area (TPSA) is 54.0 Å². The second-order valence-corrected chi connectivity index (χ2v) is 4.81. The number of amides is 2. The number of nitrogens with one attached hydrogen (secondary N) is 2. The second kappa shape index (κ2) is 6.22. The lowest BCUT2D eigenvalue weighted by Gasteiger charge is -2.10. The molecule has 0 saturated heterocycles. The van der Waals surface area contributed by atoms with Gasteiger partial charge in [-0.05, 0) is 42.0 Å². The van der Waals surface area contributed by atoms with Crippen molar-refractivity contribution in [3.63, 3.8) is 0 Å². The maximum Gasteiger partial charge on any atom is 0.319 e. The van der Waals surface area contributed by atoms with E-state index in [1.165, 1.54) is 12.1 Å². The van der Waals surface area contributed by atoms with Crippen molar-refractivity contribution in [3.8, 4) is 0 Å². The highest BCUT2D eigenvalue weighted by atomic mass is 19.1. The molecule has 0 saturated carbocycles. The van der Waals surface area contributed by atoms with Gasteiger partial charge in [-0.2, -0.15) is 0 Å². The highest BCUT2D eigenvalue weighted by Gasteiger charge is 2.05. The largest absolute Gasteiger partial charge is 0.334 e. The SMILES string of the molecule is O=C(NCc1ccc(F)cc1)Nc1cccc2ncccc12. The van der Waals surface area contributed by atoms with Crippen LogP contribution in [-0.2, 0) is 6.54 Å². The molecule has 2 amide bonds. The van der Waals surface area contributed by atoms with Gasteiger partial charge in [0.2, 0.25) is 0 Å². The maximum absolute atomic E-state index is 12.8. The summed E-state index contributed by atoms with van der Waals surface area (Å²) in [7, 11) is 0. The molecule has 0 spiro atoms. The zero-order chi connectivity index (χ0) is 15.4. The lowest BCUT2D eigenvalue weighted by atomic mass is 10.2. The third-order valence-corrected chi connectivity index (χ3v) is 3.26. The zero-order valence-corrected chi connectivity index (χ0v) is 11.7. The van der Waals surface area contributed by atoms with Crippen LogP contribution in [0.5, 0.6) is 0 Å². The van der Waals surface area contributed by atoms with Gasteiger partial charge in [0.05, 0.1) is 11.2 Å². The number of pyridine rings is 1. The third-order valence-electron chi connectivity index (χ3n) is 3.26. The summed E-state index contributed by atoms with van der Waals surface area (Å²) >= 11 is 0. The van der Waals surface area contributed by atoms with Crippen LogP contribution in [0.15, 0.2) is 60.8 Å². The van der Waals surface area contributed by atoms with E-state index in [-0.39, 0.29) is 11.8 Å². The van der Waals surface area contributed by atoms with Crippen LogP contribution in [0.3, 0.4) is 0 Å². The van der Waals surface area contributed by atoms with Gasteiger partial charge in [-0.3, -0.25) is 4.98 Å². The molecular weight excluding hydrogens is 281 g/mol. The molecule has 0 atom stereocenters. The first kappa shape index (κ1) is 14.0. The molecule has 2 N–H and O–H groups in total. The fourth-order valence-corrected chi connectivity index (χ4v) is 2.16. The van der Waals surface area contributed by atoms with E-state index in [0.717, 1.165) is 16.5 Å². The van der Waals surface area contributed by atoms with Crippen molar-refractivity contribution >= 4 is 22.6 Å². The number of hydrogen-bond donors (Lipinski definition) is 2.